The Hall–Kier alpha value is -2.17. The van der Waals surface area contributed by atoms with E-state index in [4.69, 9.17) is 9.47 Å². The van der Waals surface area contributed by atoms with Gasteiger partial charge in [-0.3, -0.25) is 0 Å². The SMILES string of the molecule is CO/C=C(/C(=O)OC)c1cc(O)ccc1OC. The minimum absolute atomic E-state index is 0.0201. The fourth-order valence-corrected chi connectivity index (χ4v) is 1.36. The summed E-state index contributed by atoms with van der Waals surface area (Å²) in [6.45, 7) is 0. The van der Waals surface area contributed by atoms with Gasteiger partial charge in [0.25, 0.3) is 0 Å². The summed E-state index contributed by atoms with van der Waals surface area (Å²) in [5, 5.41) is 9.43. The maximum absolute atomic E-state index is 11.6. The van der Waals surface area contributed by atoms with Crippen molar-refractivity contribution < 1.29 is 24.1 Å². The van der Waals surface area contributed by atoms with Gasteiger partial charge in [0.2, 0.25) is 0 Å². The first-order chi connectivity index (χ1) is 8.13. The fraction of sp³-hybridized carbons (Fsp3) is 0.250. The van der Waals surface area contributed by atoms with Crippen LogP contribution < -0.4 is 4.74 Å². The van der Waals surface area contributed by atoms with Crippen molar-refractivity contribution in [1.29, 1.82) is 0 Å². The van der Waals surface area contributed by atoms with E-state index in [1.807, 2.05) is 0 Å². The van der Waals surface area contributed by atoms with Gasteiger partial charge >= 0.3 is 5.97 Å². The van der Waals surface area contributed by atoms with Crippen LogP contribution in [0.4, 0.5) is 0 Å². The van der Waals surface area contributed by atoms with Crippen LogP contribution in [-0.2, 0) is 14.3 Å². The van der Waals surface area contributed by atoms with Crippen LogP contribution in [-0.4, -0.2) is 32.4 Å². The number of ether oxygens (including phenoxy) is 3. The van der Waals surface area contributed by atoms with Crippen molar-refractivity contribution in [1.82, 2.24) is 0 Å². The summed E-state index contributed by atoms with van der Waals surface area (Å²) in [7, 11) is 4.15. The van der Waals surface area contributed by atoms with Crippen molar-refractivity contribution in [2.75, 3.05) is 21.3 Å². The van der Waals surface area contributed by atoms with Gasteiger partial charge in [0.1, 0.15) is 17.1 Å². The zero-order valence-corrected chi connectivity index (χ0v) is 9.89. The van der Waals surface area contributed by atoms with Crippen LogP contribution in [0.15, 0.2) is 24.5 Å². The number of rotatable bonds is 4. The topological polar surface area (TPSA) is 65.0 Å². The molecule has 0 aliphatic heterocycles. The fourth-order valence-electron chi connectivity index (χ4n) is 1.36. The Morgan fingerprint density at radius 1 is 1.29 bits per heavy atom. The number of phenolic OH excluding ortho intramolecular Hbond substituents is 1. The number of benzene rings is 1. The summed E-state index contributed by atoms with van der Waals surface area (Å²) >= 11 is 0. The Morgan fingerprint density at radius 3 is 2.53 bits per heavy atom. The number of carbonyl (C=O) groups excluding carboxylic acids is 1. The van der Waals surface area contributed by atoms with Crippen molar-refractivity contribution in [3.63, 3.8) is 0 Å². The molecule has 0 aromatic heterocycles. The van der Waals surface area contributed by atoms with Crippen molar-refractivity contribution in [3.05, 3.63) is 30.0 Å². The van der Waals surface area contributed by atoms with E-state index in [2.05, 4.69) is 4.74 Å². The van der Waals surface area contributed by atoms with E-state index in [0.29, 0.717) is 11.3 Å². The highest BCUT2D eigenvalue weighted by Gasteiger charge is 2.18. The molecular weight excluding hydrogens is 224 g/mol. The lowest BCUT2D eigenvalue weighted by atomic mass is 10.1. The molecule has 1 N–H and O–H groups in total. The van der Waals surface area contributed by atoms with E-state index in [1.165, 1.54) is 39.7 Å². The Labute approximate surface area is 99.2 Å². The number of carbonyl (C=O) groups is 1. The van der Waals surface area contributed by atoms with E-state index in [9.17, 15) is 9.90 Å². The van der Waals surface area contributed by atoms with Gasteiger partial charge in [0.15, 0.2) is 0 Å². The molecule has 0 bridgehead atoms. The highest BCUT2D eigenvalue weighted by Crippen LogP contribution is 2.30. The quantitative estimate of drug-likeness (QED) is 0.490. The first-order valence-electron chi connectivity index (χ1n) is 4.82. The highest BCUT2D eigenvalue weighted by atomic mass is 16.5. The molecule has 0 saturated carbocycles. The Balaban J connectivity index is 3.31. The van der Waals surface area contributed by atoms with Gasteiger partial charge in [0, 0.05) is 5.56 Å². The molecule has 5 heteroatoms. The average Bonchev–Trinajstić information content (AvgIpc) is 2.35. The second-order valence-corrected chi connectivity index (χ2v) is 3.14. The van der Waals surface area contributed by atoms with Gasteiger partial charge < -0.3 is 19.3 Å². The summed E-state index contributed by atoms with van der Waals surface area (Å²) in [4.78, 5) is 11.6. The Bertz CT molecular complexity index is 437. The molecular formula is C12H14O5. The molecule has 92 valence electrons. The second-order valence-electron chi connectivity index (χ2n) is 3.14. The van der Waals surface area contributed by atoms with E-state index < -0.39 is 5.97 Å². The maximum Gasteiger partial charge on any atom is 0.341 e. The summed E-state index contributed by atoms with van der Waals surface area (Å²) in [6, 6.07) is 4.42. The number of methoxy groups -OCH3 is 3. The third-order valence-corrected chi connectivity index (χ3v) is 2.11. The van der Waals surface area contributed by atoms with Crippen LogP contribution >= 0.6 is 0 Å². The zero-order chi connectivity index (χ0) is 12.8. The minimum atomic E-state index is -0.573. The van der Waals surface area contributed by atoms with Crippen molar-refractivity contribution >= 4 is 11.5 Å². The highest BCUT2D eigenvalue weighted by molar-refractivity contribution is 6.17. The summed E-state index contributed by atoms with van der Waals surface area (Å²) in [5.41, 5.74) is 0.573. The molecule has 1 rings (SSSR count). The summed E-state index contributed by atoms with van der Waals surface area (Å²) < 4.78 is 14.6. The molecule has 0 aliphatic carbocycles. The van der Waals surface area contributed by atoms with Crippen LogP contribution in [0.2, 0.25) is 0 Å². The number of hydrogen-bond donors (Lipinski definition) is 1. The van der Waals surface area contributed by atoms with E-state index in [1.54, 1.807) is 6.07 Å². The largest absolute Gasteiger partial charge is 0.508 e. The molecule has 17 heavy (non-hydrogen) atoms. The Morgan fingerprint density at radius 2 is 2.00 bits per heavy atom. The van der Waals surface area contributed by atoms with Crippen molar-refractivity contribution in [2.24, 2.45) is 0 Å². The average molecular weight is 238 g/mol. The molecule has 0 unspecified atom stereocenters. The normalized spacial score (nSPS) is 10.9. The first-order valence-corrected chi connectivity index (χ1v) is 4.82. The van der Waals surface area contributed by atoms with Crippen LogP contribution in [0, 0.1) is 0 Å². The molecule has 0 heterocycles. The monoisotopic (exact) mass is 238 g/mol. The number of esters is 1. The summed E-state index contributed by atoms with van der Waals surface area (Å²) in [6.07, 6.45) is 1.24. The lowest BCUT2D eigenvalue weighted by molar-refractivity contribution is -0.133. The van der Waals surface area contributed by atoms with Crippen LogP contribution in [0.5, 0.6) is 11.5 Å². The maximum atomic E-state index is 11.6. The van der Waals surface area contributed by atoms with Crippen LogP contribution in [0.1, 0.15) is 5.56 Å². The smallest absolute Gasteiger partial charge is 0.341 e. The third-order valence-electron chi connectivity index (χ3n) is 2.11. The molecule has 0 radical (unpaired) electrons. The molecule has 0 spiro atoms. The molecule has 1 aromatic rings. The molecule has 0 aliphatic rings. The van der Waals surface area contributed by atoms with Gasteiger partial charge in [-0.05, 0) is 18.2 Å². The summed E-state index contributed by atoms with van der Waals surface area (Å²) in [5.74, 6) is -0.112. The predicted molar refractivity (Wildman–Crippen MR) is 61.7 cm³/mol. The second kappa shape index (κ2) is 5.79. The minimum Gasteiger partial charge on any atom is -0.508 e. The van der Waals surface area contributed by atoms with E-state index >= 15 is 0 Å². The lowest BCUT2D eigenvalue weighted by Gasteiger charge is -2.10. The van der Waals surface area contributed by atoms with Crippen molar-refractivity contribution in [3.8, 4) is 11.5 Å². The van der Waals surface area contributed by atoms with Crippen molar-refractivity contribution in [2.45, 2.75) is 0 Å². The third kappa shape index (κ3) is 2.90. The standard InChI is InChI=1S/C12H14O5/c1-15-7-10(12(14)17-3)9-6-8(13)4-5-11(9)16-2/h4-7,13H,1-3H3/b10-7+. The van der Waals surface area contributed by atoms with Crippen LogP contribution in [0.3, 0.4) is 0 Å². The van der Waals surface area contributed by atoms with Crippen LogP contribution in [0.25, 0.3) is 5.57 Å². The Kier molecular flexibility index (Phi) is 4.39. The van der Waals surface area contributed by atoms with Gasteiger partial charge in [-0.1, -0.05) is 0 Å². The zero-order valence-electron chi connectivity index (χ0n) is 9.89. The van der Waals surface area contributed by atoms with Gasteiger partial charge in [0.05, 0.1) is 27.6 Å². The number of hydrogen-bond acceptors (Lipinski definition) is 5. The molecule has 0 fully saturated rings. The van der Waals surface area contributed by atoms with Gasteiger partial charge in [-0.15, -0.1) is 0 Å². The lowest BCUT2D eigenvalue weighted by Crippen LogP contribution is -2.05. The van der Waals surface area contributed by atoms with Gasteiger partial charge in [-0.2, -0.15) is 0 Å². The predicted octanol–water partition coefficient (Wildman–Crippen LogP) is 1.56. The molecule has 1 aromatic carbocycles. The van der Waals surface area contributed by atoms with E-state index in [-0.39, 0.29) is 11.3 Å². The first kappa shape index (κ1) is 12.9. The van der Waals surface area contributed by atoms with E-state index in [0.717, 1.165) is 0 Å². The molecule has 0 amide bonds. The number of aromatic hydroxyl groups is 1. The molecule has 0 saturated heterocycles. The molecule has 5 nitrogen and oxygen atoms in total. The molecule has 0 atom stereocenters. The van der Waals surface area contributed by atoms with Gasteiger partial charge in [-0.25, -0.2) is 4.79 Å². The number of phenols is 1.